The molecule has 0 spiro atoms. The van der Waals surface area contributed by atoms with Gasteiger partial charge in [0.05, 0.1) is 12.5 Å². The number of rotatable bonds is 2. The van der Waals surface area contributed by atoms with Crippen LogP contribution in [-0.2, 0) is 10.2 Å². The fourth-order valence-electron chi connectivity index (χ4n) is 4.35. The van der Waals surface area contributed by atoms with Gasteiger partial charge in [0.15, 0.2) is 0 Å². The highest BCUT2D eigenvalue weighted by atomic mass is 16.5. The average Bonchev–Trinajstić information content (AvgIpc) is 2.61. The fourth-order valence-corrected chi connectivity index (χ4v) is 4.35. The molecule has 0 aliphatic carbocycles. The largest absolute Gasteiger partial charge is 0.497 e. The fraction of sp³-hybridized carbons (Fsp3) is 0.650. The molecule has 0 aromatic heterocycles. The molecular weight excluding hydrogens is 286 g/mol. The van der Waals surface area contributed by atoms with Gasteiger partial charge in [0, 0.05) is 13.1 Å². The number of carbonyl (C=O) groups is 1. The molecule has 2 fully saturated rings. The summed E-state index contributed by atoms with van der Waals surface area (Å²) in [5.41, 5.74) is 1.07. The summed E-state index contributed by atoms with van der Waals surface area (Å²) >= 11 is 0. The molecule has 2 saturated heterocycles. The van der Waals surface area contributed by atoms with Gasteiger partial charge in [-0.2, -0.15) is 0 Å². The molecule has 2 aliphatic heterocycles. The Bertz CT molecular complexity index is 572. The van der Waals surface area contributed by atoms with Gasteiger partial charge in [-0.05, 0) is 54.7 Å². The number of carbonyl (C=O) groups excluding carboxylic acids is 1. The van der Waals surface area contributed by atoms with Crippen molar-refractivity contribution in [3.63, 3.8) is 0 Å². The minimum absolute atomic E-state index is 0.234. The Morgan fingerprint density at radius 3 is 2.48 bits per heavy atom. The summed E-state index contributed by atoms with van der Waals surface area (Å²) in [4.78, 5) is 15.4. The first-order chi connectivity index (χ1) is 10.9. The lowest BCUT2D eigenvalue weighted by molar-refractivity contribution is -0.140. The van der Waals surface area contributed by atoms with E-state index in [0.29, 0.717) is 11.8 Å². The zero-order valence-corrected chi connectivity index (χ0v) is 14.9. The standard InChI is InChI=1S/C20H29NO2/c1-19(2,3)16-10-13-21-12-5-11-20(14-16,18(21)22)15-6-8-17(23-4)9-7-15/h6-9,16H,5,10-14H2,1-4H3/t16-,20+/m1/s1. The van der Waals surface area contributed by atoms with Crippen LogP contribution >= 0.6 is 0 Å². The Labute approximate surface area is 140 Å². The van der Waals surface area contributed by atoms with E-state index in [1.165, 1.54) is 5.56 Å². The van der Waals surface area contributed by atoms with Crippen LogP contribution in [0.1, 0.15) is 52.0 Å². The van der Waals surface area contributed by atoms with Crippen molar-refractivity contribution in [1.29, 1.82) is 0 Å². The Hall–Kier alpha value is -1.51. The van der Waals surface area contributed by atoms with Crippen LogP contribution in [0.15, 0.2) is 24.3 Å². The van der Waals surface area contributed by atoms with Gasteiger partial charge in [0.2, 0.25) is 5.91 Å². The Morgan fingerprint density at radius 1 is 1.17 bits per heavy atom. The maximum atomic E-state index is 13.3. The van der Waals surface area contributed by atoms with E-state index < -0.39 is 0 Å². The second-order valence-corrected chi connectivity index (χ2v) is 8.26. The number of benzene rings is 1. The SMILES string of the molecule is COc1ccc([C@]23CCCN(CC[C@@H](C(C)(C)C)C2)C3=O)cc1. The van der Waals surface area contributed by atoms with Crippen LogP contribution in [-0.4, -0.2) is 31.0 Å². The van der Waals surface area contributed by atoms with Crippen molar-refractivity contribution in [3.05, 3.63) is 29.8 Å². The van der Waals surface area contributed by atoms with Crippen LogP contribution in [0.3, 0.4) is 0 Å². The van der Waals surface area contributed by atoms with Gasteiger partial charge in [0.1, 0.15) is 5.75 Å². The van der Waals surface area contributed by atoms with E-state index in [1.54, 1.807) is 7.11 Å². The highest BCUT2D eigenvalue weighted by Crippen LogP contribution is 2.48. The van der Waals surface area contributed by atoms with Crippen LogP contribution in [0.4, 0.5) is 0 Å². The van der Waals surface area contributed by atoms with E-state index in [0.717, 1.165) is 44.5 Å². The van der Waals surface area contributed by atoms with Crippen molar-refractivity contribution in [1.82, 2.24) is 4.90 Å². The predicted octanol–water partition coefficient (Wildman–Crippen LogP) is 4.01. The smallest absolute Gasteiger partial charge is 0.233 e. The lowest BCUT2D eigenvalue weighted by Gasteiger charge is -2.42. The van der Waals surface area contributed by atoms with Crippen molar-refractivity contribution in [2.75, 3.05) is 20.2 Å². The van der Waals surface area contributed by atoms with Crippen LogP contribution in [0.5, 0.6) is 5.75 Å². The van der Waals surface area contributed by atoms with E-state index >= 15 is 0 Å². The Morgan fingerprint density at radius 2 is 1.87 bits per heavy atom. The maximum absolute atomic E-state index is 13.3. The normalized spacial score (nSPS) is 28.4. The topological polar surface area (TPSA) is 29.5 Å². The number of fused-ring (bicyclic) bond motifs is 2. The van der Waals surface area contributed by atoms with Gasteiger partial charge in [0.25, 0.3) is 0 Å². The summed E-state index contributed by atoms with van der Waals surface area (Å²) in [6.45, 7) is 8.78. The lowest BCUT2D eigenvalue weighted by atomic mass is 9.64. The Balaban J connectivity index is 2.03. The number of nitrogens with zero attached hydrogens (tertiary/aromatic N) is 1. The molecule has 2 heterocycles. The third-order valence-electron chi connectivity index (χ3n) is 5.94. The zero-order chi connectivity index (χ0) is 16.7. The summed E-state index contributed by atoms with van der Waals surface area (Å²) in [7, 11) is 1.68. The quantitative estimate of drug-likeness (QED) is 0.825. The number of hydrogen-bond donors (Lipinski definition) is 0. The average molecular weight is 315 g/mol. The summed E-state index contributed by atoms with van der Waals surface area (Å²) < 4.78 is 5.29. The number of hydrogen-bond acceptors (Lipinski definition) is 2. The van der Waals surface area contributed by atoms with Crippen LogP contribution in [0.25, 0.3) is 0 Å². The van der Waals surface area contributed by atoms with E-state index in [4.69, 9.17) is 4.74 Å². The third kappa shape index (κ3) is 2.86. The second-order valence-electron chi connectivity index (χ2n) is 8.26. The Kier molecular flexibility index (Phi) is 4.16. The molecule has 1 amide bonds. The summed E-state index contributed by atoms with van der Waals surface area (Å²) in [6, 6.07) is 8.19. The van der Waals surface area contributed by atoms with Crippen molar-refractivity contribution in [2.45, 2.75) is 51.9 Å². The zero-order valence-electron chi connectivity index (χ0n) is 14.9. The molecule has 1 aromatic carbocycles. The molecule has 0 saturated carbocycles. The number of piperidine rings is 1. The second kappa shape index (κ2) is 5.85. The summed E-state index contributed by atoms with van der Waals surface area (Å²) in [5, 5.41) is 0. The van der Waals surface area contributed by atoms with Gasteiger partial charge >= 0.3 is 0 Å². The van der Waals surface area contributed by atoms with Crippen molar-refractivity contribution in [3.8, 4) is 5.75 Å². The minimum atomic E-state index is -0.334. The minimum Gasteiger partial charge on any atom is -0.497 e. The first kappa shape index (κ1) is 16.4. The van der Waals surface area contributed by atoms with Gasteiger partial charge in [-0.3, -0.25) is 4.79 Å². The number of amides is 1. The molecule has 3 nitrogen and oxygen atoms in total. The van der Waals surface area contributed by atoms with Crippen molar-refractivity contribution >= 4 is 5.91 Å². The first-order valence-corrected chi connectivity index (χ1v) is 8.81. The van der Waals surface area contributed by atoms with Gasteiger partial charge < -0.3 is 9.64 Å². The predicted molar refractivity (Wildman–Crippen MR) is 92.7 cm³/mol. The molecule has 2 aliphatic rings. The molecule has 0 N–H and O–H groups in total. The molecule has 2 bridgehead atoms. The molecule has 0 radical (unpaired) electrons. The van der Waals surface area contributed by atoms with Crippen LogP contribution in [0, 0.1) is 11.3 Å². The molecule has 3 rings (SSSR count). The maximum Gasteiger partial charge on any atom is 0.233 e. The molecule has 2 atom stereocenters. The molecule has 126 valence electrons. The number of methoxy groups -OCH3 is 1. The summed E-state index contributed by atoms with van der Waals surface area (Å²) in [6.07, 6.45) is 4.17. The molecule has 1 aromatic rings. The van der Waals surface area contributed by atoms with Crippen molar-refractivity contribution < 1.29 is 9.53 Å². The molecule has 3 heteroatoms. The molecule has 0 unspecified atom stereocenters. The van der Waals surface area contributed by atoms with Crippen molar-refractivity contribution in [2.24, 2.45) is 11.3 Å². The highest BCUT2D eigenvalue weighted by Gasteiger charge is 2.49. The highest BCUT2D eigenvalue weighted by molar-refractivity contribution is 5.89. The van der Waals surface area contributed by atoms with Crippen LogP contribution in [0.2, 0.25) is 0 Å². The van der Waals surface area contributed by atoms with E-state index in [-0.39, 0.29) is 10.8 Å². The first-order valence-electron chi connectivity index (χ1n) is 8.81. The monoisotopic (exact) mass is 315 g/mol. The van der Waals surface area contributed by atoms with Gasteiger partial charge in [-0.25, -0.2) is 0 Å². The third-order valence-corrected chi connectivity index (χ3v) is 5.94. The molecule has 23 heavy (non-hydrogen) atoms. The van der Waals surface area contributed by atoms with Gasteiger partial charge in [-0.1, -0.05) is 32.9 Å². The molecular formula is C20H29NO2. The van der Waals surface area contributed by atoms with E-state index in [2.05, 4.69) is 37.8 Å². The lowest BCUT2D eigenvalue weighted by Crippen LogP contribution is -2.50. The van der Waals surface area contributed by atoms with Gasteiger partial charge in [-0.15, -0.1) is 0 Å². The van der Waals surface area contributed by atoms with E-state index in [1.807, 2.05) is 12.1 Å². The summed E-state index contributed by atoms with van der Waals surface area (Å²) in [5.74, 6) is 1.77. The van der Waals surface area contributed by atoms with Crippen LogP contribution < -0.4 is 4.74 Å². The number of ether oxygens (including phenoxy) is 1. The van der Waals surface area contributed by atoms with E-state index in [9.17, 15) is 4.79 Å².